The van der Waals surface area contributed by atoms with E-state index in [0.29, 0.717) is 25.4 Å². The molecule has 2 rings (SSSR count). The summed E-state index contributed by atoms with van der Waals surface area (Å²) >= 11 is 0. The number of amides is 1. The number of ether oxygens (including phenoxy) is 2. The van der Waals surface area contributed by atoms with Crippen LogP contribution in [-0.2, 0) is 9.53 Å². The molecule has 1 aliphatic heterocycles. The Morgan fingerprint density at radius 3 is 3.16 bits per heavy atom. The van der Waals surface area contributed by atoms with Crippen LogP contribution in [-0.4, -0.2) is 32.3 Å². The molecule has 5 nitrogen and oxygen atoms in total. The minimum atomic E-state index is -0.0129. The second-order valence-corrected chi connectivity index (χ2v) is 4.63. The van der Waals surface area contributed by atoms with Crippen molar-refractivity contribution < 1.29 is 14.3 Å². The van der Waals surface area contributed by atoms with Crippen LogP contribution in [0.1, 0.15) is 12.8 Å². The zero-order valence-electron chi connectivity index (χ0n) is 10.9. The van der Waals surface area contributed by atoms with E-state index in [4.69, 9.17) is 15.2 Å². The lowest BCUT2D eigenvalue weighted by Crippen LogP contribution is -2.37. The third-order valence-corrected chi connectivity index (χ3v) is 3.06. The van der Waals surface area contributed by atoms with Crippen molar-refractivity contribution in [3.05, 3.63) is 24.3 Å². The summed E-state index contributed by atoms with van der Waals surface area (Å²) in [7, 11) is 0. The van der Waals surface area contributed by atoms with E-state index in [1.54, 1.807) is 12.1 Å². The van der Waals surface area contributed by atoms with Crippen molar-refractivity contribution in [2.75, 3.05) is 32.1 Å². The summed E-state index contributed by atoms with van der Waals surface area (Å²) in [6, 6.07) is 7.24. The number of nitrogen functional groups attached to an aromatic ring is 1. The summed E-state index contributed by atoms with van der Waals surface area (Å²) in [5.74, 6) is 0.757. The average Bonchev–Trinajstić information content (AvgIpc) is 2.44. The van der Waals surface area contributed by atoms with E-state index in [0.717, 1.165) is 25.2 Å². The first-order valence-corrected chi connectivity index (χ1v) is 6.59. The number of benzene rings is 1. The molecule has 0 spiro atoms. The number of carbonyl (C=O) groups excluding carboxylic acids is 1. The summed E-state index contributed by atoms with van der Waals surface area (Å²) in [4.78, 5) is 11.8. The van der Waals surface area contributed by atoms with Gasteiger partial charge in [-0.05, 0) is 25.0 Å². The molecule has 1 fully saturated rings. The van der Waals surface area contributed by atoms with Crippen LogP contribution >= 0.6 is 0 Å². The maximum absolute atomic E-state index is 11.8. The van der Waals surface area contributed by atoms with Gasteiger partial charge < -0.3 is 20.5 Å². The Morgan fingerprint density at radius 2 is 2.42 bits per heavy atom. The third-order valence-electron chi connectivity index (χ3n) is 3.06. The molecular formula is C14H20N2O3. The topological polar surface area (TPSA) is 73.6 Å². The minimum absolute atomic E-state index is 0.0129. The molecule has 19 heavy (non-hydrogen) atoms. The summed E-state index contributed by atoms with van der Waals surface area (Å²) in [5, 5.41) is 2.86. The van der Waals surface area contributed by atoms with Crippen LogP contribution < -0.4 is 15.8 Å². The fraction of sp³-hybridized carbons (Fsp3) is 0.500. The zero-order valence-corrected chi connectivity index (χ0v) is 10.9. The maximum atomic E-state index is 11.8. The largest absolute Gasteiger partial charge is 0.492 e. The van der Waals surface area contributed by atoms with Gasteiger partial charge in [-0.15, -0.1) is 0 Å². The molecule has 3 N–H and O–H groups in total. The van der Waals surface area contributed by atoms with Gasteiger partial charge in [0.1, 0.15) is 12.4 Å². The second kappa shape index (κ2) is 6.99. The van der Waals surface area contributed by atoms with Crippen molar-refractivity contribution in [2.45, 2.75) is 12.8 Å². The molecule has 1 saturated heterocycles. The highest BCUT2D eigenvalue weighted by Gasteiger charge is 2.20. The Balaban J connectivity index is 1.65. The van der Waals surface area contributed by atoms with Crippen molar-refractivity contribution in [3.63, 3.8) is 0 Å². The van der Waals surface area contributed by atoms with Crippen LogP contribution in [0.3, 0.4) is 0 Å². The highest BCUT2D eigenvalue weighted by Crippen LogP contribution is 2.14. The van der Waals surface area contributed by atoms with Crippen LogP contribution in [0.4, 0.5) is 5.69 Å². The van der Waals surface area contributed by atoms with Gasteiger partial charge >= 0.3 is 0 Å². The van der Waals surface area contributed by atoms with Crippen LogP contribution in [0.5, 0.6) is 5.75 Å². The molecule has 104 valence electrons. The van der Waals surface area contributed by atoms with E-state index < -0.39 is 0 Å². The quantitative estimate of drug-likeness (QED) is 0.619. The number of rotatable bonds is 5. The fourth-order valence-electron chi connectivity index (χ4n) is 2.04. The van der Waals surface area contributed by atoms with Crippen LogP contribution in [0.2, 0.25) is 0 Å². The Morgan fingerprint density at radius 1 is 1.53 bits per heavy atom. The van der Waals surface area contributed by atoms with Crippen LogP contribution in [0.15, 0.2) is 24.3 Å². The molecule has 1 unspecified atom stereocenters. The monoisotopic (exact) mass is 264 g/mol. The SMILES string of the molecule is Nc1cccc(OCCNC(=O)C2CCCOC2)c1. The molecule has 5 heteroatoms. The van der Waals surface area contributed by atoms with Crippen LogP contribution in [0, 0.1) is 5.92 Å². The van der Waals surface area contributed by atoms with Crippen LogP contribution in [0.25, 0.3) is 0 Å². The molecule has 1 aromatic rings. The fourth-order valence-corrected chi connectivity index (χ4v) is 2.04. The number of nitrogens with two attached hydrogens (primary N) is 1. The first-order valence-electron chi connectivity index (χ1n) is 6.59. The molecule has 0 aliphatic carbocycles. The average molecular weight is 264 g/mol. The molecule has 0 radical (unpaired) electrons. The molecule has 1 aromatic carbocycles. The van der Waals surface area contributed by atoms with Gasteiger partial charge in [-0.1, -0.05) is 6.07 Å². The smallest absolute Gasteiger partial charge is 0.225 e. The predicted octanol–water partition coefficient (Wildman–Crippen LogP) is 1.19. The first-order chi connectivity index (χ1) is 9.25. The molecule has 1 aliphatic rings. The molecule has 1 atom stereocenters. The summed E-state index contributed by atoms with van der Waals surface area (Å²) in [6.45, 7) is 2.22. The number of carbonyl (C=O) groups is 1. The van der Waals surface area contributed by atoms with Gasteiger partial charge in [-0.25, -0.2) is 0 Å². The van der Waals surface area contributed by atoms with Crippen molar-refractivity contribution in [1.29, 1.82) is 0 Å². The van der Waals surface area contributed by atoms with Crippen molar-refractivity contribution >= 4 is 11.6 Å². The molecule has 0 bridgehead atoms. The highest BCUT2D eigenvalue weighted by molar-refractivity contribution is 5.78. The Hall–Kier alpha value is -1.75. The number of nitrogens with one attached hydrogen (secondary N) is 1. The molecular weight excluding hydrogens is 244 g/mol. The summed E-state index contributed by atoms with van der Waals surface area (Å²) < 4.78 is 10.8. The Bertz CT molecular complexity index is 417. The van der Waals surface area contributed by atoms with Gasteiger partial charge in [0, 0.05) is 18.4 Å². The van der Waals surface area contributed by atoms with Crippen molar-refractivity contribution in [3.8, 4) is 5.75 Å². The summed E-state index contributed by atoms with van der Waals surface area (Å²) in [5.41, 5.74) is 6.31. The number of anilines is 1. The molecule has 0 aromatic heterocycles. The minimum Gasteiger partial charge on any atom is -0.492 e. The summed E-state index contributed by atoms with van der Waals surface area (Å²) in [6.07, 6.45) is 1.86. The Labute approximate surface area is 113 Å². The van der Waals surface area contributed by atoms with E-state index in [2.05, 4.69) is 5.32 Å². The maximum Gasteiger partial charge on any atom is 0.225 e. The first kappa shape index (κ1) is 13.7. The van der Waals surface area contributed by atoms with Gasteiger partial charge in [0.25, 0.3) is 0 Å². The molecule has 1 amide bonds. The van der Waals surface area contributed by atoms with Gasteiger partial charge in [0.15, 0.2) is 0 Å². The number of hydrogen-bond acceptors (Lipinski definition) is 4. The highest BCUT2D eigenvalue weighted by atomic mass is 16.5. The predicted molar refractivity (Wildman–Crippen MR) is 72.9 cm³/mol. The molecule has 0 saturated carbocycles. The normalized spacial score (nSPS) is 18.8. The van der Waals surface area contributed by atoms with Gasteiger partial charge in [0.2, 0.25) is 5.91 Å². The van der Waals surface area contributed by atoms with Gasteiger partial charge in [-0.2, -0.15) is 0 Å². The lowest BCUT2D eigenvalue weighted by molar-refractivity contribution is -0.129. The second-order valence-electron chi connectivity index (χ2n) is 4.63. The zero-order chi connectivity index (χ0) is 13.5. The van der Waals surface area contributed by atoms with Gasteiger partial charge in [0.05, 0.1) is 19.1 Å². The lowest BCUT2D eigenvalue weighted by atomic mass is 10.0. The van der Waals surface area contributed by atoms with E-state index in [9.17, 15) is 4.79 Å². The van der Waals surface area contributed by atoms with Crippen molar-refractivity contribution in [1.82, 2.24) is 5.32 Å². The van der Waals surface area contributed by atoms with E-state index in [1.165, 1.54) is 0 Å². The standard InChI is InChI=1S/C14H20N2O3/c15-12-4-1-5-13(9-12)19-8-6-16-14(17)11-3-2-7-18-10-11/h1,4-5,9,11H,2-3,6-8,10,15H2,(H,16,17). The number of hydrogen-bond donors (Lipinski definition) is 2. The van der Waals surface area contributed by atoms with E-state index >= 15 is 0 Å². The third kappa shape index (κ3) is 4.44. The van der Waals surface area contributed by atoms with Crippen molar-refractivity contribution in [2.24, 2.45) is 5.92 Å². The van der Waals surface area contributed by atoms with E-state index in [1.807, 2.05) is 12.1 Å². The lowest BCUT2D eigenvalue weighted by Gasteiger charge is -2.21. The van der Waals surface area contributed by atoms with Gasteiger partial charge in [-0.3, -0.25) is 4.79 Å². The Kier molecular flexibility index (Phi) is 5.03. The molecule has 1 heterocycles. The van der Waals surface area contributed by atoms with E-state index in [-0.39, 0.29) is 11.8 Å².